The second kappa shape index (κ2) is 6.16. The molecule has 0 bridgehead atoms. The SMILES string of the molecule is Cc1ccccc1NC(C(N)=O)c1cc(Cl)cc(Cl)c1. The summed E-state index contributed by atoms with van der Waals surface area (Å²) in [6.45, 7) is 1.95. The number of anilines is 1. The summed E-state index contributed by atoms with van der Waals surface area (Å²) in [4.78, 5) is 11.7. The van der Waals surface area contributed by atoms with Crippen LogP contribution in [0.1, 0.15) is 17.2 Å². The van der Waals surface area contributed by atoms with E-state index < -0.39 is 11.9 Å². The first-order chi connectivity index (χ1) is 9.47. The zero-order valence-corrected chi connectivity index (χ0v) is 12.4. The molecular weight excluding hydrogens is 295 g/mol. The molecule has 20 heavy (non-hydrogen) atoms. The van der Waals surface area contributed by atoms with E-state index in [9.17, 15) is 4.79 Å². The predicted octanol–water partition coefficient (Wildman–Crippen LogP) is 3.94. The largest absolute Gasteiger partial charge is 0.370 e. The number of benzene rings is 2. The van der Waals surface area contributed by atoms with E-state index in [0.29, 0.717) is 15.6 Å². The first kappa shape index (κ1) is 14.7. The summed E-state index contributed by atoms with van der Waals surface area (Å²) < 4.78 is 0. The monoisotopic (exact) mass is 308 g/mol. The third-order valence-electron chi connectivity index (χ3n) is 2.95. The fourth-order valence-corrected chi connectivity index (χ4v) is 2.49. The third-order valence-corrected chi connectivity index (χ3v) is 3.38. The number of hydrogen-bond acceptors (Lipinski definition) is 2. The van der Waals surface area contributed by atoms with E-state index in [4.69, 9.17) is 28.9 Å². The predicted molar refractivity (Wildman–Crippen MR) is 83.2 cm³/mol. The lowest BCUT2D eigenvalue weighted by atomic mass is 10.1. The maximum absolute atomic E-state index is 11.7. The maximum atomic E-state index is 11.7. The van der Waals surface area contributed by atoms with E-state index in [-0.39, 0.29) is 0 Å². The van der Waals surface area contributed by atoms with Crippen LogP contribution in [0.3, 0.4) is 0 Å². The molecule has 0 saturated heterocycles. The number of nitrogens with one attached hydrogen (secondary N) is 1. The molecule has 0 aromatic heterocycles. The zero-order valence-electron chi connectivity index (χ0n) is 10.9. The summed E-state index contributed by atoms with van der Waals surface area (Å²) in [5, 5.41) is 4.05. The molecule has 0 fully saturated rings. The van der Waals surface area contributed by atoms with E-state index in [1.807, 2.05) is 31.2 Å². The Morgan fingerprint density at radius 3 is 2.30 bits per heavy atom. The number of rotatable bonds is 4. The van der Waals surface area contributed by atoms with Gasteiger partial charge in [0.2, 0.25) is 5.91 Å². The van der Waals surface area contributed by atoms with E-state index in [1.165, 1.54) is 0 Å². The van der Waals surface area contributed by atoms with Gasteiger partial charge in [-0.25, -0.2) is 0 Å². The molecule has 1 atom stereocenters. The number of para-hydroxylation sites is 1. The highest BCUT2D eigenvalue weighted by Crippen LogP contribution is 2.27. The van der Waals surface area contributed by atoms with Crippen LogP contribution in [0.2, 0.25) is 10.0 Å². The third kappa shape index (κ3) is 3.44. The van der Waals surface area contributed by atoms with E-state index >= 15 is 0 Å². The first-order valence-electron chi connectivity index (χ1n) is 6.05. The zero-order chi connectivity index (χ0) is 14.7. The van der Waals surface area contributed by atoms with Crippen molar-refractivity contribution in [1.29, 1.82) is 0 Å². The molecule has 2 aromatic carbocycles. The lowest BCUT2D eigenvalue weighted by Gasteiger charge is -2.19. The van der Waals surface area contributed by atoms with Crippen LogP contribution in [-0.2, 0) is 4.79 Å². The number of amides is 1. The van der Waals surface area contributed by atoms with Crippen LogP contribution in [0.4, 0.5) is 5.69 Å². The molecule has 0 aliphatic carbocycles. The number of halogens is 2. The Bertz CT molecular complexity index is 623. The smallest absolute Gasteiger partial charge is 0.244 e. The molecule has 5 heteroatoms. The summed E-state index contributed by atoms with van der Waals surface area (Å²) in [7, 11) is 0. The summed E-state index contributed by atoms with van der Waals surface area (Å²) in [6.07, 6.45) is 0. The Morgan fingerprint density at radius 2 is 1.75 bits per heavy atom. The Hall–Kier alpha value is -1.71. The lowest BCUT2D eigenvalue weighted by molar-refractivity contribution is -0.118. The average Bonchev–Trinajstić information content (AvgIpc) is 2.36. The van der Waals surface area contributed by atoms with Gasteiger partial charge in [-0.3, -0.25) is 4.79 Å². The number of primary amides is 1. The summed E-state index contributed by atoms with van der Waals surface area (Å²) in [5.74, 6) is -0.494. The van der Waals surface area contributed by atoms with Crippen molar-refractivity contribution in [2.75, 3.05) is 5.32 Å². The molecule has 3 nitrogen and oxygen atoms in total. The standard InChI is InChI=1S/C15H14Cl2N2O/c1-9-4-2-3-5-13(9)19-14(15(18)20)10-6-11(16)8-12(17)7-10/h2-8,14,19H,1H3,(H2,18,20). The van der Waals surface area contributed by atoms with Crippen LogP contribution in [0.15, 0.2) is 42.5 Å². The van der Waals surface area contributed by atoms with Crippen LogP contribution < -0.4 is 11.1 Å². The molecule has 3 N–H and O–H groups in total. The van der Waals surface area contributed by atoms with Crippen molar-refractivity contribution in [1.82, 2.24) is 0 Å². The number of aryl methyl sites for hydroxylation is 1. The van der Waals surface area contributed by atoms with E-state index in [0.717, 1.165) is 11.3 Å². The molecule has 2 aromatic rings. The summed E-state index contributed by atoms with van der Waals surface area (Å²) in [5.41, 5.74) is 7.98. The van der Waals surface area contributed by atoms with Gasteiger partial charge in [0.05, 0.1) is 0 Å². The van der Waals surface area contributed by atoms with Gasteiger partial charge in [-0.2, -0.15) is 0 Å². The van der Waals surface area contributed by atoms with Crippen molar-refractivity contribution < 1.29 is 4.79 Å². The average molecular weight is 309 g/mol. The fourth-order valence-electron chi connectivity index (χ4n) is 1.95. The Morgan fingerprint density at radius 1 is 1.15 bits per heavy atom. The topological polar surface area (TPSA) is 55.1 Å². The molecule has 0 aliphatic heterocycles. The fraction of sp³-hybridized carbons (Fsp3) is 0.133. The van der Waals surface area contributed by atoms with Crippen molar-refractivity contribution in [3.05, 3.63) is 63.6 Å². The number of carbonyl (C=O) groups is 1. The van der Waals surface area contributed by atoms with Crippen LogP contribution in [0, 0.1) is 6.92 Å². The molecule has 0 spiro atoms. The first-order valence-corrected chi connectivity index (χ1v) is 6.80. The molecule has 0 heterocycles. The molecule has 0 radical (unpaired) electrons. The van der Waals surface area contributed by atoms with Gasteiger partial charge in [0.15, 0.2) is 0 Å². The normalized spacial score (nSPS) is 11.9. The molecule has 1 amide bonds. The van der Waals surface area contributed by atoms with Crippen LogP contribution >= 0.6 is 23.2 Å². The van der Waals surface area contributed by atoms with Crippen molar-refractivity contribution in [2.45, 2.75) is 13.0 Å². The van der Waals surface area contributed by atoms with E-state index in [1.54, 1.807) is 18.2 Å². The minimum absolute atomic E-state index is 0.463. The minimum Gasteiger partial charge on any atom is -0.370 e. The number of carbonyl (C=O) groups excluding carboxylic acids is 1. The second-order valence-corrected chi connectivity index (χ2v) is 5.37. The Kier molecular flexibility index (Phi) is 4.53. The van der Waals surface area contributed by atoms with Gasteiger partial charge in [0, 0.05) is 15.7 Å². The van der Waals surface area contributed by atoms with Gasteiger partial charge >= 0.3 is 0 Å². The highest BCUT2D eigenvalue weighted by Gasteiger charge is 2.19. The molecule has 0 saturated carbocycles. The molecule has 1 unspecified atom stereocenters. The second-order valence-electron chi connectivity index (χ2n) is 4.50. The van der Waals surface area contributed by atoms with Gasteiger partial charge in [0.1, 0.15) is 6.04 Å². The minimum atomic E-state index is -0.688. The Balaban J connectivity index is 2.37. The van der Waals surface area contributed by atoms with Gasteiger partial charge in [-0.1, -0.05) is 41.4 Å². The molecule has 104 valence electrons. The van der Waals surface area contributed by atoms with Gasteiger partial charge in [0.25, 0.3) is 0 Å². The summed E-state index contributed by atoms with van der Waals surface area (Å²) >= 11 is 11.9. The van der Waals surface area contributed by atoms with Crippen LogP contribution in [0.5, 0.6) is 0 Å². The molecular formula is C15H14Cl2N2O. The van der Waals surface area contributed by atoms with Crippen LogP contribution in [-0.4, -0.2) is 5.91 Å². The molecule has 0 aliphatic rings. The van der Waals surface area contributed by atoms with Gasteiger partial charge in [-0.15, -0.1) is 0 Å². The van der Waals surface area contributed by atoms with Crippen LogP contribution in [0.25, 0.3) is 0 Å². The van der Waals surface area contributed by atoms with Gasteiger partial charge in [-0.05, 0) is 42.3 Å². The van der Waals surface area contributed by atoms with Crippen molar-refractivity contribution in [2.24, 2.45) is 5.73 Å². The van der Waals surface area contributed by atoms with Crippen molar-refractivity contribution >= 4 is 34.8 Å². The quantitative estimate of drug-likeness (QED) is 0.899. The van der Waals surface area contributed by atoms with Crippen molar-refractivity contribution in [3.63, 3.8) is 0 Å². The Labute approximate surface area is 127 Å². The molecule has 2 rings (SSSR count). The van der Waals surface area contributed by atoms with Crippen molar-refractivity contribution in [3.8, 4) is 0 Å². The summed E-state index contributed by atoms with van der Waals surface area (Å²) in [6, 6.07) is 11.9. The number of nitrogens with two attached hydrogens (primary N) is 1. The maximum Gasteiger partial charge on any atom is 0.244 e. The lowest BCUT2D eigenvalue weighted by Crippen LogP contribution is -2.28. The van der Waals surface area contributed by atoms with E-state index in [2.05, 4.69) is 5.32 Å². The van der Waals surface area contributed by atoms with Gasteiger partial charge < -0.3 is 11.1 Å². The highest BCUT2D eigenvalue weighted by molar-refractivity contribution is 6.34. The number of hydrogen-bond donors (Lipinski definition) is 2. The highest BCUT2D eigenvalue weighted by atomic mass is 35.5.